The van der Waals surface area contributed by atoms with E-state index in [1.165, 1.54) is 23.6 Å². The van der Waals surface area contributed by atoms with Crippen LogP contribution in [0.5, 0.6) is 0 Å². The van der Waals surface area contributed by atoms with E-state index in [2.05, 4.69) is 143 Å². The summed E-state index contributed by atoms with van der Waals surface area (Å²) in [6.07, 6.45) is 8.38. The monoisotopic (exact) mass is 717 g/mol. The number of benzene rings is 1. The number of hydrogen-bond acceptors (Lipinski definition) is 3. The average molecular weight is 718 g/mol. The molecule has 9 heteroatoms. The van der Waals surface area contributed by atoms with Crippen LogP contribution in [-0.2, 0) is 27.5 Å². The van der Waals surface area contributed by atoms with E-state index in [1.807, 2.05) is 29.2 Å². The molecule has 1 N–H and O–H groups in total. The summed E-state index contributed by atoms with van der Waals surface area (Å²) in [4.78, 5) is 20.0. The molecule has 52 heavy (non-hydrogen) atoms. The predicted molar refractivity (Wildman–Crippen MR) is 209 cm³/mol. The number of imidazole rings is 2. The van der Waals surface area contributed by atoms with Crippen LogP contribution < -0.4 is 5.32 Å². The van der Waals surface area contributed by atoms with Gasteiger partial charge in [-0.25, -0.2) is 9.97 Å². The molecule has 0 unspecified atom stereocenters. The molecule has 0 saturated carbocycles. The SMILES string of the molecule is C=C1Cc2ccc(C(C)(C)C)cc2NC1=O.CC(C)(C)c1ccc2nccn2c1.CC(C)(C)c1ccn2ccnc2c1.C[C@H](C(C)(C)C)C(F)(F)F. The molecule has 0 bridgehead atoms. The number of nitrogens with zero attached hydrogens (tertiary/aromatic N) is 4. The molecule has 1 aliphatic rings. The zero-order valence-electron chi connectivity index (χ0n) is 33.3. The highest BCUT2D eigenvalue weighted by Gasteiger charge is 2.43. The number of amides is 1. The van der Waals surface area contributed by atoms with Gasteiger partial charge in [0.1, 0.15) is 11.3 Å². The fourth-order valence-corrected chi connectivity index (χ4v) is 5.07. The van der Waals surface area contributed by atoms with Crippen LogP contribution in [0, 0.1) is 11.3 Å². The van der Waals surface area contributed by atoms with Crippen molar-refractivity contribution < 1.29 is 18.0 Å². The first-order chi connectivity index (χ1) is 23.7. The number of anilines is 1. The van der Waals surface area contributed by atoms with E-state index in [0.29, 0.717) is 12.0 Å². The van der Waals surface area contributed by atoms with Crippen molar-refractivity contribution in [2.24, 2.45) is 11.3 Å². The van der Waals surface area contributed by atoms with Gasteiger partial charge < -0.3 is 14.1 Å². The molecule has 6 rings (SSSR count). The predicted octanol–water partition coefficient (Wildman–Crippen LogP) is 11.5. The molecule has 0 fully saturated rings. The van der Waals surface area contributed by atoms with E-state index in [1.54, 1.807) is 20.8 Å². The maximum atomic E-state index is 11.9. The number of alkyl halides is 3. The minimum absolute atomic E-state index is 0.0569. The van der Waals surface area contributed by atoms with Crippen molar-refractivity contribution in [1.29, 1.82) is 0 Å². The summed E-state index contributed by atoms with van der Waals surface area (Å²) in [5.74, 6) is -1.29. The number of aromatic nitrogens is 4. The van der Waals surface area contributed by atoms with Gasteiger partial charge in [-0.1, -0.05) is 115 Å². The molecule has 6 nitrogen and oxygen atoms in total. The van der Waals surface area contributed by atoms with Crippen LogP contribution in [0.1, 0.15) is 112 Å². The molecule has 5 heterocycles. The van der Waals surface area contributed by atoms with Gasteiger partial charge in [0.15, 0.2) is 0 Å². The Morgan fingerprint density at radius 2 is 1.21 bits per heavy atom. The van der Waals surface area contributed by atoms with Gasteiger partial charge in [0, 0.05) is 54.9 Å². The molecule has 0 radical (unpaired) electrons. The van der Waals surface area contributed by atoms with Gasteiger partial charge in [0.2, 0.25) is 0 Å². The second-order valence-electron chi connectivity index (χ2n) is 17.7. The lowest BCUT2D eigenvalue weighted by Crippen LogP contribution is -2.31. The van der Waals surface area contributed by atoms with Gasteiger partial charge in [0.25, 0.3) is 5.91 Å². The summed E-state index contributed by atoms with van der Waals surface area (Å²) in [6, 6.07) is 14.8. The Balaban J connectivity index is 0.000000190. The molecule has 1 aliphatic heterocycles. The summed E-state index contributed by atoms with van der Waals surface area (Å²) in [5, 5.41) is 2.88. The largest absolute Gasteiger partial charge is 0.392 e. The third kappa shape index (κ3) is 11.6. The van der Waals surface area contributed by atoms with Gasteiger partial charge in [-0.15, -0.1) is 0 Å². The minimum atomic E-state index is -4.06. The van der Waals surface area contributed by atoms with Crippen LogP contribution in [0.4, 0.5) is 18.9 Å². The van der Waals surface area contributed by atoms with Crippen LogP contribution >= 0.6 is 0 Å². The van der Waals surface area contributed by atoms with Gasteiger partial charge in [-0.3, -0.25) is 4.79 Å². The molecule has 282 valence electrons. The third-order valence-electron chi connectivity index (χ3n) is 9.26. The highest BCUT2D eigenvalue weighted by atomic mass is 19.4. The Labute approximate surface area is 308 Å². The van der Waals surface area contributed by atoms with Crippen molar-refractivity contribution in [2.75, 3.05) is 5.32 Å². The number of rotatable bonds is 0. The van der Waals surface area contributed by atoms with Crippen molar-refractivity contribution in [3.05, 3.63) is 114 Å². The number of nitrogens with one attached hydrogen (secondary N) is 1. The lowest BCUT2D eigenvalue weighted by molar-refractivity contribution is -0.194. The zero-order chi connectivity index (χ0) is 39.4. The standard InChI is InChI=1S/C14H17NO.2C11H14N2.C7H13F3/c1-9-7-10-5-6-11(14(2,3)4)8-12(10)15-13(9)16;1-11(2,3)9-4-6-13-7-5-12-10(13)8-9;1-11(2,3)9-4-5-10-12-6-7-13(10)8-9;1-5(6(2,3)4)7(8,9)10/h5-6,8H,1,7H2,2-4H3,(H,15,16);2*4-8H,1-3H3;5H,1-4H3/t;;;5-/m...1/s1. The Morgan fingerprint density at radius 1 is 0.692 bits per heavy atom. The fourth-order valence-electron chi connectivity index (χ4n) is 5.07. The Kier molecular flexibility index (Phi) is 12.7. The zero-order valence-corrected chi connectivity index (χ0v) is 33.3. The topological polar surface area (TPSA) is 63.7 Å². The van der Waals surface area contributed by atoms with Crippen molar-refractivity contribution in [3.8, 4) is 0 Å². The number of hydrogen-bond donors (Lipinski definition) is 1. The molecule has 1 atom stereocenters. The number of pyridine rings is 2. The van der Waals surface area contributed by atoms with Gasteiger partial charge >= 0.3 is 6.18 Å². The number of carbonyl (C=O) groups excluding carboxylic acids is 1. The smallest absolute Gasteiger partial charge is 0.322 e. The Morgan fingerprint density at radius 3 is 1.73 bits per heavy atom. The van der Waals surface area contributed by atoms with E-state index in [-0.39, 0.29) is 22.2 Å². The van der Waals surface area contributed by atoms with E-state index >= 15 is 0 Å². The average Bonchev–Trinajstić information content (AvgIpc) is 3.69. The van der Waals surface area contributed by atoms with Crippen molar-refractivity contribution in [1.82, 2.24) is 18.8 Å². The van der Waals surface area contributed by atoms with E-state index < -0.39 is 17.5 Å². The molecule has 0 spiro atoms. The van der Waals surface area contributed by atoms with Crippen molar-refractivity contribution in [2.45, 2.75) is 119 Å². The number of carbonyl (C=O) groups is 1. The van der Waals surface area contributed by atoms with Crippen LogP contribution in [0.25, 0.3) is 11.3 Å². The molecule has 1 aromatic carbocycles. The number of fused-ring (bicyclic) bond motifs is 3. The van der Waals surface area contributed by atoms with E-state index in [4.69, 9.17) is 0 Å². The summed E-state index contributed by atoms with van der Waals surface area (Å²) < 4.78 is 39.9. The van der Waals surface area contributed by atoms with Gasteiger partial charge in [-0.2, -0.15) is 13.2 Å². The lowest BCUT2D eigenvalue weighted by atomic mass is 9.82. The van der Waals surface area contributed by atoms with E-state index in [9.17, 15) is 18.0 Å². The minimum Gasteiger partial charge on any atom is -0.322 e. The maximum absolute atomic E-state index is 11.9. The summed E-state index contributed by atoms with van der Waals surface area (Å²) in [5.41, 5.74) is 8.47. The normalized spacial score (nSPS) is 14.2. The molecular weight excluding hydrogens is 660 g/mol. The van der Waals surface area contributed by atoms with Crippen LogP contribution in [0.2, 0.25) is 0 Å². The molecule has 0 saturated heterocycles. The molecule has 5 aromatic rings. The van der Waals surface area contributed by atoms with Crippen molar-refractivity contribution >= 4 is 22.9 Å². The summed E-state index contributed by atoms with van der Waals surface area (Å²) in [6.45, 7) is 29.5. The number of halogens is 3. The highest BCUT2D eigenvalue weighted by molar-refractivity contribution is 6.06. The molecular formula is C43H58F3N5O. The first-order valence-corrected chi connectivity index (χ1v) is 17.7. The van der Waals surface area contributed by atoms with Gasteiger partial charge in [0.05, 0.1) is 5.92 Å². The molecule has 1 amide bonds. The van der Waals surface area contributed by atoms with Crippen LogP contribution in [0.15, 0.2) is 91.8 Å². The summed E-state index contributed by atoms with van der Waals surface area (Å²) >= 11 is 0. The van der Waals surface area contributed by atoms with Gasteiger partial charge in [-0.05, 0) is 68.2 Å². The molecule has 4 aromatic heterocycles. The third-order valence-corrected chi connectivity index (χ3v) is 9.26. The highest BCUT2D eigenvalue weighted by Crippen LogP contribution is 2.38. The van der Waals surface area contributed by atoms with Crippen LogP contribution in [-0.4, -0.2) is 30.9 Å². The molecule has 0 aliphatic carbocycles. The van der Waals surface area contributed by atoms with E-state index in [0.717, 1.165) is 22.5 Å². The quantitative estimate of drug-likeness (QED) is 0.162. The van der Waals surface area contributed by atoms with Crippen LogP contribution in [0.3, 0.4) is 0 Å². The fraction of sp³-hybridized carbons (Fsp3) is 0.465. The second-order valence-corrected chi connectivity index (χ2v) is 17.7. The maximum Gasteiger partial charge on any atom is 0.392 e. The Hall–Kier alpha value is -4.40. The summed E-state index contributed by atoms with van der Waals surface area (Å²) in [7, 11) is 0. The second kappa shape index (κ2) is 15.7. The Bertz CT molecular complexity index is 1870. The lowest BCUT2D eigenvalue weighted by Gasteiger charge is -2.28. The van der Waals surface area contributed by atoms with Crippen molar-refractivity contribution in [3.63, 3.8) is 0 Å². The first-order valence-electron chi connectivity index (χ1n) is 17.7. The first kappa shape index (κ1) is 42.0.